The number of nitrogens with two attached hydrogens (primary N) is 2. The number of guanidine groups is 1. The van der Waals surface area contributed by atoms with Crippen LogP contribution in [-0.4, -0.2) is 76.7 Å². The lowest BCUT2D eigenvalue weighted by Gasteiger charge is -2.36. The number of carbonyl (C=O) groups is 3. The maximum atomic E-state index is 14.2. The van der Waals surface area contributed by atoms with Gasteiger partial charge in [0.05, 0.1) is 16.3 Å². The van der Waals surface area contributed by atoms with Crippen molar-refractivity contribution in [3.05, 3.63) is 64.9 Å². The monoisotopic (exact) mass is 581 g/mol. The zero-order valence-electron chi connectivity index (χ0n) is 23.3. The van der Waals surface area contributed by atoms with Crippen LogP contribution < -0.4 is 16.8 Å². The molecule has 2 heterocycles. The van der Waals surface area contributed by atoms with E-state index in [1.807, 2.05) is 37.3 Å². The first kappa shape index (κ1) is 30.1. The molecule has 0 radical (unpaired) electrons. The van der Waals surface area contributed by atoms with Gasteiger partial charge in [-0.1, -0.05) is 30.3 Å². The van der Waals surface area contributed by atoms with Gasteiger partial charge in [0.2, 0.25) is 11.7 Å². The third-order valence-electron chi connectivity index (χ3n) is 7.28. The molecular weight excluding hydrogens is 545 g/mol. The number of nitrogens with zero attached hydrogens (tertiary/aromatic N) is 4. The molecular formula is C29H36FN7O3S. The summed E-state index contributed by atoms with van der Waals surface area (Å²) < 4.78 is 14.4. The Morgan fingerprint density at radius 1 is 1.22 bits per heavy atom. The van der Waals surface area contributed by atoms with Gasteiger partial charge in [-0.2, -0.15) is 0 Å². The fourth-order valence-corrected chi connectivity index (χ4v) is 6.06. The highest BCUT2D eigenvalue weighted by molar-refractivity contribution is 7.20. The fourth-order valence-electron chi connectivity index (χ4n) is 5.08. The van der Waals surface area contributed by atoms with Gasteiger partial charge in [0.1, 0.15) is 11.9 Å². The van der Waals surface area contributed by atoms with Crippen molar-refractivity contribution in [1.82, 2.24) is 20.1 Å². The van der Waals surface area contributed by atoms with Crippen molar-refractivity contribution in [2.75, 3.05) is 20.1 Å². The molecule has 1 aromatic heterocycles. The van der Waals surface area contributed by atoms with Crippen LogP contribution in [0.3, 0.4) is 0 Å². The SMILES string of the molecule is CN[C@H](Cc1ccccc1)C(=O)N(C(=O)N1CCC[C@H]1C)C(CCCN=C(N)N)C(=O)c1nc2ccc(F)cc2s1. The van der Waals surface area contributed by atoms with Gasteiger partial charge < -0.3 is 21.7 Å². The first-order valence-corrected chi connectivity index (χ1v) is 14.5. The van der Waals surface area contributed by atoms with Crippen LogP contribution in [0.2, 0.25) is 0 Å². The van der Waals surface area contributed by atoms with Crippen molar-refractivity contribution < 1.29 is 18.8 Å². The van der Waals surface area contributed by atoms with Gasteiger partial charge in [0, 0.05) is 19.1 Å². The highest BCUT2D eigenvalue weighted by Crippen LogP contribution is 2.28. The number of likely N-dealkylation sites (tertiary alicyclic amines) is 1. The Bertz CT molecular complexity index is 1410. The lowest BCUT2D eigenvalue weighted by molar-refractivity contribution is -0.132. The zero-order chi connectivity index (χ0) is 29.5. The average Bonchev–Trinajstić information content (AvgIpc) is 3.58. The largest absolute Gasteiger partial charge is 0.370 e. The van der Waals surface area contributed by atoms with E-state index in [-0.39, 0.29) is 30.0 Å². The second-order valence-corrected chi connectivity index (χ2v) is 11.2. The number of nitrogens with one attached hydrogen (secondary N) is 1. The molecule has 1 saturated heterocycles. The van der Waals surface area contributed by atoms with Crippen molar-refractivity contribution in [1.29, 1.82) is 0 Å². The third-order valence-corrected chi connectivity index (χ3v) is 8.31. The van der Waals surface area contributed by atoms with Crippen molar-refractivity contribution in [3.63, 3.8) is 0 Å². The second-order valence-electron chi connectivity index (χ2n) is 10.2. The minimum absolute atomic E-state index is 0.0808. The van der Waals surface area contributed by atoms with E-state index < -0.39 is 35.6 Å². The van der Waals surface area contributed by atoms with Crippen LogP contribution in [0.5, 0.6) is 0 Å². The van der Waals surface area contributed by atoms with E-state index in [1.165, 1.54) is 18.2 Å². The Hall–Kier alpha value is -3.90. The van der Waals surface area contributed by atoms with Crippen LogP contribution in [-0.2, 0) is 11.2 Å². The van der Waals surface area contributed by atoms with E-state index in [1.54, 1.807) is 11.9 Å². The number of likely N-dealkylation sites (N-methyl/N-ethyl adjacent to an activating group) is 1. The molecule has 41 heavy (non-hydrogen) atoms. The Morgan fingerprint density at radius 3 is 2.63 bits per heavy atom. The van der Waals surface area contributed by atoms with Crippen LogP contribution in [0, 0.1) is 5.82 Å². The number of aliphatic imine (C=N–C) groups is 1. The van der Waals surface area contributed by atoms with Crippen LogP contribution in [0.4, 0.5) is 9.18 Å². The number of rotatable bonds is 11. The van der Waals surface area contributed by atoms with Gasteiger partial charge in [-0.3, -0.25) is 19.5 Å². The molecule has 2 aromatic carbocycles. The van der Waals surface area contributed by atoms with Crippen molar-refractivity contribution in [3.8, 4) is 0 Å². The van der Waals surface area contributed by atoms with Crippen LogP contribution in [0.1, 0.15) is 48.0 Å². The number of fused-ring (bicyclic) bond motifs is 1. The summed E-state index contributed by atoms with van der Waals surface area (Å²) in [6, 6.07) is 11.0. The molecule has 12 heteroatoms. The van der Waals surface area contributed by atoms with Crippen molar-refractivity contribution in [2.24, 2.45) is 16.5 Å². The number of halogens is 1. The van der Waals surface area contributed by atoms with Gasteiger partial charge in [-0.15, -0.1) is 11.3 Å². The minimum Gasteiger partial charge on any atom is -0.370 e. The molecule has 1 fully saturated rings. The zero-order valence-corrected chi connectivity index (χ0v) is 24.1. The minimum atomic E-state index is -1.16. The maximum absolute atomic E-state index is 14.2. The number of urea groups is 1. The number of imide groups is 1. The van der Waals surface area contributed by atoms with Gasteiger partial charge in [-0.05, 0) is 69.8 Å². The molecule has 0 bridgehead atoms. The van der Waals surface area contributed by atoms with E-state index in [0.717, 1.165) is 34.6 Å². The Labute approximate surface area is 242 Å². The number of hydrogen-bond acceptors (Lipinski definition) is 7. The maximum Gasteiger partial charge on any atom is 0.327 e. The van der Waals surface area contributed by atoms with Crippen LogP contribution >= 0.6 is 11.3 Å². The number of ketones is 1. The van der Waals surface area contributed by atoms with Gasteiger partial charge >= 0.3 is 6.03 Å². The topological polar surface area (TPSA) is 147 Å². The first-order valence-electron chi connectivity index (χ1n) is 13.7. The van der Waals surface area contributed by atoms with Crippen molar-refractivity contribution >= 4 is 45.2 Å². The first-order chi connectivity index (χ1) is 19.7. The normalized spacial score (nSPS) is 16.4. The molecule has 1 aliphatic rings. The van der Waals surface area contributed by atoms with E-state index in [4.69, 9.17) is 11.5 Å². The van der Waals surface area contributed by atoms with Crippen LogP contribution in [0.15, 0.2) is 53.5 Å². The summed E-state index contributed by atoms with van der Waals surface area (Å²) in [7, 11) is 1.66. The number of aromatic nitrogens is 1. The number of thiazole rings is 1. The van der Waals surface area contributed by atoms with Gasteiger partial charge in [0.15, 0.2) is 11.0 Å². The lowest BCUT2D eigenvalue weighted by atomic mass is 10.0. The predicted octanol–water partition coefficient (Wildman–Crippen LogP) is 3.30. The summed E-state index contributed by atoms with van der Waals surface area (Å²) in [5, 5.41) is 3.15. The Balaban J connectivity index is 1.74. The quantitative estimate of drug-likeness (QED) is 0.136. The molecule has 10 nitrogen and oxygen atoms in total. The molecule has 5 N–H and O–H groups in total. The van der Waals surface area contributed by atoms with Crippen molar-refractivity contribution in [2.45, 2.75) is 57.2 Å². The van der Waals surface area contributed by atoms with E-state index in [9.17, 15) is 18.8 Å². The molecule has 0 spiro atoms. The molecule has 0 saturated carbocycles. The average molecular weight is 582 g/mol. The van der Waals surface area contributed by atoms with Gasteiger partial charge in [0.25, 0.3) is 0 Å². The predicted molar refractivity (Wildman–Crippen MR) is 158 cm³/mol. The summed E-state index contributed by atoms with van der Waals surface area (Å²) in [5.74, 6) is -1.52. The standard InChI is InChI=1S/C29H36FN7O3S/c1-18-8-7-15-36(18)29(40)37(27(39)22(33-2)16-19-9-4-3-5-10-19)23(11-6-14-34-28(31)32)25(38)26-35-21-13-12-20(30)17-24(21)41-26/h3-5,9-10,12-13,17-18,22-23,33H,6-8,11,14-16H2,1-2H3,(H4,31,32,34)/t18-,22-,23?/m1/s1. The number of carbonyl (C=O) groups excluding carboxylic acids is 3. The van der Waals surface area contributed by atoms with E-state index >= 15 is 0 Å². The summed E-state index contributed by atoms with van der Waals surface area (Å²) in [6.07, 6.45) is 2.40. The van der Waals surface area contributed by atoms with E-state index in [0.29, 0.717) is 29.6 Å². The number of Topliss-reactive ketones (excluding diaryl/α,β-unsaturated/α-hetero) is 1. The van der Waals surface area contributed by atoms with Gasteiger partial charge in [-0.25, -0.2) is 14.2 Å². The molecule has 1 aliphatic heterocycles. The molecule has 3 aromatic rings. The van der Waals surface area contributed by atoms with E-state index in [2.05, 4.69) is 15.3 Å². The summed E-state index contributed by atoms with van der Waals surface area (Å²) in [5.41, 5.74) is 12.4. The third kappa shape index (κ3) is 7.25. The second kappa shape index (κ2) is 13.6. The molecule has 1 unspecified atom stereocenters. The molecule has 4 rings (SSSR count). The summed E-state index contributed by atoms with van der Waals surface area (Å²) in [4.78, 5) is 53.7. The smallest absolute Gasteiger partial charge is 0.327 e. The molecule has 0 aliphatic carbocycles. The lowest BCUT2D eigenvalue weighted by Crippen LogP contribution is -2.59. The Kier molecular flexibility index (Phi) is 10.0. The van der Waals surface area contributed by atoms with Crippen LogP contribution in [0.25, 0.3) is 10.2 Å². The fraction of sp³-hybridized carbons (Fsp3) is 0.414. The molecule has 218 valence electrons. The molecule has 3 atom stereocenters. The molecule has 3 amide bonds. The number of amides is 3. The number of hydrogen-bond donors (Lipinski definition) is 3. The summed E-state index contributed by atoms with van der Waals surface area (Å²) >= 11 is 1.04. The Morgan fingerprint density at radius 2 is 1.98 bits per heavy atom. The highest BCUT2D eigenvalue weighted by Gasteiger charge is 2.42. The highest BCUT2D eigenvalue weighted by atomic mass is 32.1. The summed E-state index contributed by atoms with van der Waals surface area (Å²) in [6.45, 7) is 2.64. The number of benzene rings is 2.